The van der Waals surface area contributed by atoms with Crippen LogP contribution in [0, 0.1) is 5.92 Å². The molecule has 0 spiro atoms. The first-order chi connectivity index (χ1) is 15.7. The smallest absolute Gasteiger partial charge is 0.227 e. The number of benzene rings is 2. The third-order valence-electron chi connectivity index (χ3n) is 6.20. The Morgan fingerprint density at radius 1 is 1.06 bits per heavy atom. The molecule has 1 aliphatic heterocycles. The van der Waals surface area contributed by atoms with Gasteiger partial charge in [-0.2, -0.15) is 0 Å². The summed E-state index contributed by atoms with van der Waals surface area (Å²) in [5.74, 6) is 2.21. The maximum atomic E-state index is 12.2. The van der Waals surface area contributed by atoms with Gasteiger partial charge in [0.1, 0.15) is 11.9 Å². The van der Waals surface area contributed by atoms with Gasteiger partial charge in [-0.1, -0.05) is 36.8 Å². The number of carbonyl (C=O) groups excluding carboxylic acids is 1. The van der Waals surface area contributed by atoms with Crippen LogP contribution < -0.4 is 15.4 Å². The number of rotatable bonds is 7. The number of amides is 1. The first kappa shape index (κ1) is 25.3. The van der Waals surface area contributed by atoms with Gasteiger partial charge in [0.15, 0.2) is 5.96 Å². The molecule has 1 saturated heterocycles. The molecule has 2 aromatic carbocycles. The summed E-state index contributed by atoms with van der Waals surface area (Å²) >= 11 is 0. The van der Waals surface area contributed by atoms with Crippen molar-refractivity contribution >= 4 is 41.5 Å². The van der Waals surface area contributed by atoms with Gasteiger partial charge < -0.3 is 20.3 Å². The Labute approximate surface area is 214 Å². The molecule has 0 bridgehead atoms. The molecule has 178 valence electrons. The summed E-state index contributed by atoms with van der Waals surface area (Å²) < 4.78 is 6.13. The third kappa shape index (κ3) is 7.35. The standard InChI is InChI=1S/C26H34N4O2.HI/c1-2-27-26(30-16-14-24(15-17-30)32-23-12-4-3-5-13-23)28-19-20-8-6-11-22(18-20)29-25(31)21-9-7-10-21;/h3-6,8,11-13,18,21,24H,2,7,9-10,14-17,19H2,1H3,(H,27,28)(H,29,31);1H. The van der Waals surface area contributed by atoms with Crippen molar-refractivity contribution in [2.24, 2.45) is 10.9 Å². The number of anilines is 1. The molecule has 4 rings (SSSR count). The molecule has 6 nitrogen and oxygen atoms in total. The van der Waals surface area contributed by atoms with E-state index in [1.165, 1.54) is 0 Å². The van der Waals surface area contributed by atoms with Crippen LogP contribution in [0.4, 0.5) is 5.69 Å². The van der Waals surface area contributed by atoms with Gasteiger partial charge in [-0.25, -0.2) is 4.99 Å². The van der Waals surface area contributed by atoms with Crippen LogP contribution in [0.2, 0.25) is 0 Å². The number of guanidine groups is 1. The van der Waals surface area contributed by atoms with Crippen molar-refractivity contribution in [3.63, 3.8) is 0 Å². The van der Waals surface area contributed by atoms with Crippen LogP contribution in [0.25, 0.3) is 0 Å². The molecule has 2 N–H and O–H groups in total. The zero-order valence-electron chi connectivity index (χ0n) is 19.3. The Kier molecular flexibility index (Phi) is 9.84. The molecule has 0 radical (unpaired) electrons. The lowest BCUT2D eigenvalue weighted by atomic mass is 9.85. The predicted octanol–water partition coefficient (Wildman–Crippen LogP) is 5.05. The molecule has 2 aliphatic rings. The normalized spacial score (nSPS) is 17.0. The number of nitrogens with one attached hydrogen (secondary N) is 2. The number of nitrogens with zero attached hydrogens (tertiary/aromatic N) is 2. The molecule has 7 heteroatoms. The van der Waals surface area contributed by atoms with Crippen molar-refractivity contribution in [3.05, 3.63) is 60.2 Å². The molecule has 1 amide bonds. The minimum absolute atomic E-state index is 0. The highest BCUT2D eigenvalue weighted by Gasteiger charge is 2.25. The van der Waals surface area contributed by atoms with E-state index in [1.807, 2.05) is 48.5 Å². The number of likely N-dealkylation sites (tertiary alicyclic amines) is 1. The van der Waals surface area contributed by atoms with Crippen LogP contribution in [0.15, 0.2) is 59.6 Å². The van der Waals surface area contributed by atoms with Gasteiger partial charge in [0, 0.05) is 44.1 Å². The van der Waals surface area contributed by atoms with Gasteiger partial charge >= 0.3 is 0 Å². The predicted molar refractivity (Wildman–Crippen MR) is 144 cm³/mol. The minimum atomic E-state index is 0. The monoisotopic (exact) mass is 562 g/mol. The average molecular weight is 562 g/mol. The van der Waals surface area contributed by atoms with Gasteiger partial charge in [-0.15, -0.1) is 24.0 Å². The van der Waals surface area contributed by atoms with Gasteiger partial charge in [0.25, 0.3) is 0 Å². The number of piperidine rings is 1. The van der Waals surface area contributed by atoms with E-state index in [4.69, 9.17) is 9.73 Å². The number of hydrogen-bond acceptors (Lipinski definition) is 3. The van der Waals surface area contributed by atoms with Crippen LogP contribution in [-0.2, 0) is 11.3 Å². The average Bonchev–Trinajstić information content (AvgIpc) is 2.77. The van der Waals surface area contributed by atoms with E-state index < -0.39 is 0 Å². The van der Waals surface area contributed by atoms with Gasteiger partial charge in [-0.3, -0.25) is 4.79 Å². The maximum Gasteiger partial charge on any atom is 0.227 e. The summed E-state index contributed by atoms with van der Waals surface area (Å²) in [6.45, 7) is 5.34. The Bertz CT molecular complexity index is 910. The van der Waals surface area contributed by atoms with Crippen LogP contribution in [0.5, 0.6) is 5.75 Å². The van der Waals surface area contributed by atoms with E-state index in [2.05, 4.69) is 28.5 Å². The number of halogens is 1. The Morgan fingerprint density at radius 3 is 2.48 bits per heavy atom. The number of hydrogen-bond donors (Lipinski definition) is 2. The zero-order chi connectivity index (χ0) is 22.2. The van der Waals surface area contributed by atoms with Crippen molar-refractivity contribution in [2.45, 2.75) is 51.7 Å². The molecular weight excluding hydrogens is 527 g/mol. The van der Waals surface area contributed by atoms with Crippen molar-refractivity contribution in [1.82, 2.24) is 10.2 Å². The fraction of sp³-hybridized carbons (Fsp3) is 0.462. The Balaban J connectivity index is 0.00000306. The van der Waals surface area contributed by atoms with Crippen molar-refractivity contribution in [2.75, 3.05) is 25.0 Å². The van der Waals surface area contributed by atoms with Gasteiger partial charge in [-0.05, 0) is 49.6 Å². The largest absolute Gasteiger partial charge is 0.490 e. The number of para-hydroxylation sites is 1. The Morgan fingerprint density at radius 2 is 1.82 bits per heavy atom. The molecule has 0 atom stereocenters. The maximum absolute atomic E-state index is 12.2. The second kappa shape index (κ2) is 12.8. The first-order valence-corrected chi connectivity index (χ1v) is 11.9. The van der Waals surface area contributed by atoms with E-state index in [-0.39, 0.29) is 41.9 Å². The molecule has 2 fully saturated rings. The lowest BCUT2D eigenvalue weighted by Crippen LogP contribution is -2.47. The molecule has 2 aromatic rings. The lowest BCUT2D eigenvalue weighted by Gasteiger charge is -2.34. The summed E-state index contributed by atoms with van der Waals surface area (Å²) in [6.07, 6.45) is 5.37. The van der Waals surface area contributed by atoms with Crippen molar-refractivity contribution < 1.29 is 9.53 Å². The van der Waals surface area contributed by atoms with Crippen LogP contribution in [0.1, 0.15) is 44.6 Å². The molecule has 0 aromatic heterocycles. The summed E-state index contributed by atoms with van der Waals surface area (Å²) in [6, 6.07) is 18.1. The van der Waals surface area contributed by atoms with Crippen LogP contribution in [0.3, 0.4) is 0 Å². The van der Waals surface area contributed by atoms with E-state index in [0.717, 1.165) is 74.7 Å². The van der Waals surface area contributed by atoms with Crippen LogP contribution in [-0.4, -0.2) is 42.5 Å². The van der Waals surface area contributed by atoms with Crippen molar-refractivity contribution in [3.8, 4) is 5.75 Å². The van der Waals surface area contributed by atoms with Gasteiger partial charge in [0.2, 0.25) is 5.91 Å². The molecule has 33 heavy (non-hydrogen) atoms. The first-order valence-electron chi connectivity index (χ1n) is 11.9. The SMILES string of the molecule is CCNC(=NCc1cccc(NC(=O)C2CCC2)c1)N1CCC(Oc2ccccc2)CC1.I. The summed E-state index contributed by atoms with van der Waals surface area (Å²) in [5, 5.41) is 6.49. The highest BCUT2D eigenvalue weighted by atomic mass is 127. The van der Waals surface area contributed by atoms with E-state index in [1.54, 1.807) is 0 Å². The fourth-order valence-corrected chi connectivity index (χ4v) is 4.13. The van der Waals surface area contributed by atoms with E-state index in [0.29, 0.717) is 6.54 Å². The van der Waals surface area contributed by atoms with E-state index in [9.17, 15) is 4.79 Å². The number of aliphatic imine (C=N–C) groups is 1. The number of ether oxygens (including phenoxy) is 1. The summed E-state index contributed by atoms with van der Waals surface area (Å²) in [5.41, 5.74) is 1.95. The minimum Gasteiger partial charge on any atom is -0.490 e. The van der Waals surface area contributed by atoms with Crippen molar-refractivity contribution in [1.29, 1.82) is 0 Å². The molecule has 1 aliphatic carbocycles. The topological polar surface area (TPSA) is 66.0 Å². The third-order valence-corrected chi connectivity index (χ3v) is 6.20. The second-order valence-electron chi connectivity index (χ2n) is 8.60. The zero-order valence-corrected chi connectivity index (χ0v) is 21.7. The quantitative estimate of drug-likeness (QED) is 0.282. The highest BCUT2D eigenvalue weighted by Crippen LogP contribution is 2.27. The molecule has 0 unspecified atom stereocenters. The number of carbonyl (C=O) groups is 1. The lowest BCUT2D eigenvalue weighted by molar-refractivity contribution is -0.122. The fourth-order valence-electron chi connectivity index (χ4n) is 4.13. The summed E-state index contributed by atoms with van der Waals surface area (Å²) in [4.78, 5) is 19.4. The van der Waals surface area contributed by atoms with Crippen LogP contribution >= 0.6 is 24.0 Å². The molecule has 1 saturated carbocycles. The summed E-state index contributed by atoms with van der Waals surface area (Å²) in [7, 11) is 0. The second-order valence-corrected chi connectivity index (χ2v) is 8.60. The Hall–Kier alpha value is -2.29. The van der Waals surface area contributed by atoms with E-state index >= 15 is 0 Å². The highest BCUT2D eigenvalue weighted by molar-refractivity contribution is 14.0. The molecule has 1 heterocycles. The van der Waals surface area contributed by atoms with Gasteiger partial charge in [0.05, 0.1) is 6.54 Å². The molecular formula is C26H35IN4O2.